The molecule has 2 heterocycles. The van der Waals surface area contributed by atoms with Gasteiger partial charge >= 0.3 is 11.9 Å². The van der Waals surface area contributed by atoms with Crippen LogP contribution in [0.1, 0.15) is 20.3 Å². The molecule has 10 nitrogen and oxygen atoms in total. The van der Waals surface area contributed by atoms with Crippen LogP contribution in [0.15, 0.2) is 11.6 Å². The Hall–Kier alpha value is -1.85. The molecule has 170 valence electrons. The highest BCUT2D eigenvalue weighted by Gasteiger charge is 2.85. The van der Waals surface area contributed by atoms with E-state index in [-0.39, 0.29) is 13.0 Å². The molecule has 2 saturated carbocycles. The predicted octanol–water partition coefficient (Wildman–Crippen LogP) is -1.91. The maximum absolute atomic E-state index is 12.9. The van der Waals surface area contributed by atoms with Crippen LogP contribution < -0.4 is 0 Å². The Morgan fingerprint density at radius 2 is 1.87 bits per heavy atom. The van der Waals surface area contributed by atoms with Crippen molar-refractivity contribution < 1.29 is 49.0 Å². The molecule has 5 rings (SSSR count). The largest absolute Gasteiger partial charge is 0.467 e. The summed E-state index contributed by atoms with van der Waals surface area (Å²) in [7, 11) is 1.08. The zero-order chi connectivity index (χ0) is 22.7. The van der Waals surface area contributed by atoms with E-state index in [0.29, 0.717) is 5.57 Å². The van der Waals surface area contributed by atoms with Crippen molar-refractivity contribution in [2.24, 2.45) is 28.6 Å². The number of hydrogen-bond donors (Lipinski definition) is 4. The molecule has 0 aromatic rings. The van der Waals surface area contributed by atoms with Crippen LogP contribution in [0.4, 0.5) is 0 Å². The van der Waals surface area contributed by atoms with E-state index in [1.165, 1.54) is 6.08 Å². The Labute approximate surface area is 177 Å². The van der Waals surface area contributed by atoms with Gasteiger partial charge in [0.05, 0.1) is 25.7 Å². The predicted molar refractivity (Wildman–Crippen MR) is 99.0 cm³/mol. The van der Waals surface area contributed by atoms with E-state index in [2.05, 4.69) is 0 Å². The summed E-state index contributed by atoms with van der Waals surface area (Å²) in [4.78, 5) is 38.1. The number of ether oxygens (including phenoxy) is 3. The molecule has 2 aliphatic heterocycles. The molecular formula is C21H26O10. The average molecular weight is 438 g/mol. The van der Waals surface area contributed by atoms with Crippen LogP contribution in [-0.4, -0.2) is 88.0 Å². The van der Waals surface area contributed by atoms with E-state index < -0.39 is 82.4 Å². The normalized spacial score (nSPS) is 55.0. The maximum atomic E-state index is 12.9. The first-order chi connectivity index (χ1) is 14.5. The number of esters is 2. The lowest BCUT2D eigenvalue weighted by atomic mass is 9.38. The van der Waals surface area contributed by atoms with Crippen LogP contribution in [0.5, 0.6) is 0 Å². The van der Waals surface area contributed by atoms with Gasteiger partial charge in [-0.2, -0.15) is 0 Å². The molecule has 1 spiro atoms. The Morgan fingerprint density at radius 3 is 2.52 bits per heavy atom. The van der Waals surface area contributed by atoms with Crippen LogP contribution in [-0.2, 0) is 28.6 Å². The molecule has 0 aromatic carbocycles. The highest BCUT2D eigenvalue weighted by Crippen LogP contribution is 2.72. The van der Waals surface area contributed by atoms with Gasteiger partial charge in [0.15, 0.2) is 17.5 Å². The van der Waals surface area contributed by atoms with Crippen molar-refractivity contribution in [2.45, 2.75) is 56.4 Å². The number of methoxy groups -OCH3 is 1. The van der Waals surface area contributed by atoms with E-state index >= 15 is 0 Å². The number of allylic oxidation sites excluding steroid dienone is 1. The van der Waals surface area contributed by atoms with Crippen molar-refractivity contribution in [3.63, 3.8) is 0 Å². The molecule has 2 saturated heterocycles. The fraction of sp³-hybridized carbons (Fsp3) is 0.762. The third-order valence-electron chi connectivity index (χ3n) is 8.85. The summed E-state index contributed by atoms with van der Waals surface area (Å²) in [6.45, 7) is 3.16. The number of aliphatic hydroxyl groups excluding tert-OH is 4. The van der Waals surface area contributed by atoms with Gasteiger partial charge in [0.2, 0.25) is 0 Å². The highest BCUT2D eigenvalue weighted by atomic mass is 16.6. The summed E-state index contributed by atoms with van der Waals surface area (Å²) in [5.74, 6) is -5.25. The van der Waals surface area contributed by atoms with Crippen molar-refractivity contribution in [3.8, 4) is 0 Å². The Kier molecular flexibility index (Phi) is 4.16. The SMILES string of the molecule is COC(=O)[C@@]12OC[C@]34[C@H]([C@@H](O)[C@@H]1O)[C@@]1(C)[C@H](O)C(=O)C=C(C)[C@@H]1C[C@H]3OC(=O)[C@H](O)[C@@H]24. The van der Waals surface area contributed by atoms with Gasteiger partial charge in [-0.25, -0.2) is 9.59 Å². The lowest BCUT2D eigenvalue weighted by Gasteiger charge is -2.67. The van der Waals surface area contributed by atoms with E-state index in [0.717, 1.165) is 7.11 Å². The second-order valence-electron chi connectivity index (χ2n) is 9.79. The van der Waals surface area contributed by atoms with Crippen molar-refractivity contribution in [3.05, 3.63) is 11.6 Å². The smallest absolute Gasteiger partial charge is 0.341 e. The number of rotatable bonds is 1. The monoisotopic (exact) mass is 438 g/mol. The molecule has 5 aliphatic rings. The molecular weight excluding hydrogens is 412 g/mol. The first kappa shape index (κ1) is 21.0. The summed E-state index contributed by atoms with van der Waals surface area (Å²) in [6.07, 6.45) is -6.12. The number of ketones is 1. The maximum Gasteiger partial charge on any atom is 0.341 e. The molecule has 31 heavy (non-hydrogen) atoms. The number of fused-ring (bicyclic) bond motifs is 2. The van der Waals surface area contributed by atoms with Gasteiger partial charge in [-0.3, -0.25) is 4.79 Å². The molecule has 10 heteroatoms. The standard InChI is InChI=1S/C21H26O10/c1-7-4-9(22)15(25)19(2)8(7)5-10-20-6-30-21(18(28)29-3,16(26)11(23)13(19)20)14(20)12(24)17(27)31-10/h4,8,10-16,23-26H,5-6H2,1-3H3/t8-,10+,11+,12+,13+,14+,15+,16-,19-,20+,21-/m0/s1. The van der Waals surface area contributed by atoms with Crippen LogP contribution in [0.25, 0.3) is 0 Å². The van der Waals surface area contributed by atoms with E-state index in [1.807, 2.05) is 0 Å². The Bertz CT molecular complexity index is 914. The number of carbonyl (C=O) groups excluding carboxylic acids is 3. The molecule has 0 aromatic heterocycles. The zero-order valence-corrected chi connectivity index (χ0v) is 17.3. The van der Waals surface area contributed by atoms with E-state index in [9.17, 15) is 34.8 Å². The molecule has 0 amide bonds. The Morgan fingerprint density at radius 1 is 1.19 bits per heavy atom. The fourth-order valence-corrected chi connectivity index (χ4v) is 7.72. The fourth-order valence-electron chi connectivity index (χ4n) is 7.72. The molecule has 3 aliphatic carbocycles. The summed E-state index contributed by atoms with van der Waals surface area (Å²) >= 11 is 0. The molecule has 0 radical (unpaired) electrons. The molecule has 11 atom stereocenters. The zero-order valence-electron chi connectivity index (χ0n) is 17.3. The van der Waals surface area contributed by atoms with Gasteiger partial charge in [0.25, 0.3) is 0 Å². The summed E-state index contributed by atoms with van der Waals surface area (Å²) in [5, 5.41) is 44.4. The highest BCUT2D eigenvalue weighted by molar-refractivity contribution is 5.96. The minimum Gasteiger partial charge on any atom is -0.467 e. The second-order valence-corrected chi connectivity index (χ2v) is 9.79. The third kappa shape index (κ3) is 2.04. The minimum atomic E-state index is -2.18. The van der Waals surface area contributed by atoms with E-state index in [1.54, 1.807) is 13.8 Å². The van der Waals surface area contributed by atoms with Crippen molar-refractivity contribution in [1.29, 1.82) is 0 Å². The summed E-state index contributed by atoms with van der Waals surface area (Å²) in [6, 6.07) is 0. The second kappa shape index (κ2) is 6.14. The van der Waals surface area contributed by atoms with Gasteiger partial charge in [0.1, 0.15) is 18.3 Å². The lowest BCUT2D eigenvalue weighted by molar-refractivity contribution is -0.296. The molecule has 0 unspecified atom stereocenters. The number of aliphatic hydroxyl groups is 4. The van der Waals surface area contributed by atoms with Crippen LogP contribution in [0.3, 0.4) is 0 Å². The topological polar surface area (TPSA) is 160 Å². The minimum absolute atomic E-state index is 0.206. The number of hydrogen-bond acceptors (Lipinski definition) is 10. The molecule has 2 bridgehead atoms. The molecule has 4 N–H and O–H groups in total. The average Bonchev–Trinajstić information content (AvgIpc) is 3.04. The third-order valence-corrected chi connectivity index (χ3v) is 8.85. The number of carbonyl (C=O) groups is 3. The van der Waals surface area contributed by atoms with Crippen LogP contribution in [0.2, 0.25) is 0 Å². The van der Waals surface area contributed by atoms with Gasteiger partial charge < -0.3 is 34.6 Å². The van der Waals surface area contributed by atoms with Crippen LogP contribution in [0, 0.1) is 28.6 Å². The van der Waals surface area contributed by atoms with Gasteiger partial charge in [-0.05, 0) is 25.3 Å². The van der Waals surface area contributed by atoms with Crippen molar-refractivity contribution in [2.75, 3.05) is 13.7 Å². The molecule has 4 fully saturated rings. The van der Waals surface area contributed by atoms with Crippen LogP contribution >= 0.6 is 0 Å². The van der Waals surface area contributed by atoms with Gasteiger partial charge in [-0.1, -0.05) is 12.5 Å². The van der Waals surface area contributed by atoms with Gasteiger partial charge in [-0.15, -0.1) is 0 Å². The lowest BCUT2D eigenvalue weighted by Crippen LogP contribution is -2.80. The van der Waals surface area contributed by atoms with Gasteiger partial charge in [0, 0.05) is 16.7 Å². The first-order valence-electron chi connectivity index (χ1n) is 10.4. The summed E-state index contributed by atoms with van der Waals surface area (Å²) < 4.78 is 16.3. The summed E-state index contributed by atoms with van der Waals surface area (Å²) in [5.41, 5.74) is -4.09. The first-order valence-corrected chi connectivity index (χ1v) is 10.4. The Balaban J connectivity index is 1.79. The van der Waals surface area contributed by atoms with Crippen molar-refractivity contribution in [1.82, 2.24) is 0 Å². The van der Waals surface area contributed by atoms with Crippen molar-refractivity contribution >= 4 is 17.7 Å². The van der Waals surface area contributed by atoms with E-state index in [4.69, 9.17) is 14.2 Å². The quantitative estimate of drug-likeness (QED) is 0.340.